The number of aliphatic carboxylic acids is 1. The quantitative estimate of drug-likeness (QED) is 0.0354. The molecule has 2 aromatic carbocycles. The Morgan fingerprint density at radius 1 is 0.777 bits per heavy atom. The van der Waals surface area contributed by atoms with E-state index in [1.165, 1.54) is 56.5 Å². The van der Waals surface area contributed by atoms with Gasteiger partial charge in [0.25, 0.3) is 11.8 Å². The van der Waals surface area contributed by atoms with Crippen LogP contribution in [0.4, 0.5) is 10.5 Å². The summed E-state index contributed by atoms with van der Waals surface area (Å²) in [7, 11) is 5.92. The molecule has 3 aliphatic rings. The first-order valence-corrected chi connectivity index (χ1v) is 32.1. The highest BCUT2D eigenvalue weighted by Gasteiger charge is 2.49. The third-order valence-electron chi connectivity index (χ3n) is 17.7. The van der Waals surface area contributed by atoms with Gasteiger partial charge in [0.2, 0.25) is 41.7 Å². The summed E-state index contributed by atoms with van der Waals surface area (Å²) in [6.45, 7) is 14.3. The number of aliphatic hydroxyl groups is 4. The Hall–Kier alpha value is -7.60. The van der Waals surface area contributed by atoms with Crippen LogP contribution in [-0.4, -0.2) is 226 Å². The molecule has 0 bridgehead atoms. The van der Waals surface area contributed by atoms with Crippen LogP contribution >= 0.6 is 0 Å². The van der Waals surface area contributed by atoms with Crippen LogP contribution in [0, 0.1) is 23.7 Å². The molecule has 3 heterocycles. The number of likely N-dealkylation sites (tertiary alicyclic amines) is 1. The van der Waals surface area contributed by atoms with E-state index in [0.717, 1.165) is 9.80 Å². The number of hydrogen-bond donors (Lipinski definition) is 9. The molecule has 0 aromatic heterocycles. The van der Waals surface area contributed by atoms with Crippen LogP contribution in [0.25, 0.3) is 0 Å². The second-order valence-electron chi connectivity index (χ2n) is 25.1. The van der Waals surface area contributed by atoms with Crippen molar-refractivity contribution in [3.8, 4) is 5.75 Å². The monoisotopic (exact) mass is 1320 g/mol. The van der Waals surface area contributed by atoms with Crippen molar-refractivity contribution in [1.29, 1.82) is 0 Å². The second-order valence-corrected chi connectivity index (χ2v) is 25.1. The number of ether oxygens (including phenoxy) is 5. The van der Waals surface area contributed by atoms with Crippen LogP contribution < -0.4 is 26.0 Å². The maximum absolute atomic E-state index is 14.9. The zero-order valence-corrected chi connectivity index (χ0v) is 55.9. The number of carboxylic acid groups (broad SMARTS) is 1. The average molecular weight is 1320 g/mol. The topological polar surface area (TPSA) is 379 Å². The number of benzene rings is 2. The number of imide groups is 1. The van der Waals surface area contributed by atoms with Crippen LogP contribution in [0.5, 0.6) is 5.75 Å². The van der Waals surface area contributed by atoms with Gasteiger partial charge in [-0.05, 0) is 73.6 Å². The van der Waals surface area contributed by atoms with Gasteiger partial charge >= 0.3 is 12.1 Å². The number of carbonyl (C=O) groups is 10. The van der Waals surface area contributed by atoms with Crippen molar-refractivity contribution in [3.63, 3.8) is 0 Å². The van der Waals surface area contributed by atoms with E-state index in [1.54, 1.807) is 77.8 Å². The molecule has 28 heteroatoms. The average Bonchev–Trinajstić information content (AvgIpc) is 1.24. The van der Waals surface area contributed by atoms with E-state index >= 15 is 0 Å². The van der Waals surface area contributed by atoms with Crippen LogP contribution in [0.2, 0.25) is 0 Å². The molecule has 94 heavy (non-hydrogen) atoms. The lowest BCUT2D eigenvalue weighted by atomic mass is 9.89. The molecular weight excluding hydrogens is 1220 g/mol. The molecule has 15 atom stereocenters. The van der Waals surface area contributed by atoms with Gasteiger partial charge in [-0.25, -0.2) is 9.59 Å². The molecule has 9 amide bonds. The van der Waals surface area contributed by atoms with E-state index in [-0.39, 0.29) is 73.0 Å². The number of unbranched alkanes of at least 4 members (excludes halogenated alkanes) is 2. The van der Waals surface area contributed by atoms with Crippen molar-refractivity contribution >= 4 is 65.0 Å². The maximum atomic E-state index is 14.9. The molecule has 0 radical (unpaired) electrons. The van der Waals surface area contributed by atoms with Gasteiger partial charge in [-0.2, -0.15) is 0 Å². The van der Waals surface area contributed by atoms with E-state index in [2.05, 4.69) is 21.3 Å². The number of likely N-dealkylation sites (N-methyl/N-ethyl adjacent to an activating group) is 2. The Morgan fingerprint density at radius 2 is 1.45 bits per heavy atom. The van der Waals surface area contributed by atoms with Gasteiger partial charge < -0.3 is 80.3 Å². The molecule has 0 unspecified atom stereocenters. The number of carboxylic acids is 1. The highest BCUT2D eigenvalue weighted by molar-refractivity contribution is 6.12. The number of aliphatic hydroxyl groups excluding tert-OH is 4. The van der Waals surface area contributed by atoms with Gasteiger partial charge in [0.15, 0.2) is 6.10 Å². The second kappa shape index (κ2) is 36.3. The summed E-state index contributed by atoms with van der Waals surface area (Å²) in [6, 6.07) is 8.91. The van der Waals surface area contributed by atoms with Gasteiger partial charge in [0, 0.05) is 72.9 Å². The highest BCUT2D eigenvalue weighted by Crippen LogP contribution is 2.33. The first-order valence-electron chi connectivity index (χ1n) is 32.1. The van der Waals surface area contributed by atoms with Crippen molar-refractivity contribution in [1.82, 2.24) is 35.6 Å². The summed E-state index contributed by atoms with van der Waals surface area (Å²) in [4.78, 5) is 138. The van der Waals surface area contributed by atoms with Gasteiger partial charge in [-0.1, -0.05) is 97.7 Å². The molecule has 0 spiro atoms. The standard InChI is InChI=1S/C66H98N8O20/c1-13-38(6)54(46(90-11)34-51(79)73-32-20-23-44(73)59(91-12)39(7)61(84)68-40(8)55(80)42-21-16-14-17-22-42)71(9)63(86)52(36(2)3)70-62(85)53(37(4)5)72(10)66(89)92-35-41-25-26-45(93-65-58(83)56(81)57(82)60(94-65)64(87)88)43(33-41)69-48(76)29-30-67-47(75)24-18-15-19-31-74-49(77)27-28-50(74)78/h14,16-17,21-22,25-28,33,36-40,44,46,52-60,65,80-83H,13,15,18-20,23-24,29-32,34-35H2,1-12H3,(H,67,75)(H,68,84)(H,69,76)(H,70,85)(H,87,88)/t38-,39+,40+,44-,46+,52-,53-,54-,55+,56-,57-,58+,59+,60-,65+/m0/s1. The number of rotatable bonds is 35. The van der Waals surface area contributed by atoms with Crippen LogP contribution in [-0.2, 0) is 68.7 Å². The third-order valence-corrected chi connectivity index (χ3v) is 17.7. The van der Waals surface area contributed by atoms with Gasteiger partial charge in [0.05, 0.1) is 54.5 Å². The van der Waals surface area contributed by atoms with Gasteiger partial charge in [0.1, 0.15) is 42.8 Å². The first-order chi connectivity index (χ1) is 44.5. The first kappa shape index (κ1) is 77.1. The fourth-order valence-corrected chi connectivity index (χ4v) is 12.1. The Balaban J connectivity index is 1.24. The summed E-state index contributed by atoms with van der Waals surface area (Å²) in [5, 5.41) is 63.2. The van der Waals surface area contributed by atoms with Crippen LogP contribution in [0.1, 0.15) is 130 Å². The predicted molar refractivity (Wildman–Crippen MR) is 340 cm³/mol. The molecule has 3 aliphatic heterocycles. The Bertz CT molecular complexity index is 2930. The Morgan fingerprint density at radius 3 is 2.05 bits per heavy atom. The normalized spacial score (nSPS) is 21.7. The fourth-order valence-electron chi connectivity index (χ4n) is 12.1. The number of carbonyl (C=O) groups excluding carboxylic acids is 9. The maximum Gasteiger partial charge on any atom is 0.410 e. The minimum absolute atomic E-state index is 0.102. The number of nitrogens with zero attached hydrogens (tertiary/aromatic N) is 4. The minimum Gasteiger partial charge on any atom is -0.479 e. The molecule has 5 rings (SSSR count). The molecule has 0 saturated carbocycles. The lowest BCUT2D eigenvalue weighted by molar-refractivity contribution is -0.271. The number of anilines is 1. The number of hydrogen-bond acceptors (Lipinski definition) is 19. The van der Waals surface area contributed by atoms with Gasteiger partial charge in [-0.15, -0.1) is 0 Å². The zero-order chi connectivity index (χ0) is 69.8. The summed E-state index contributed by atoms with van der Waals surface area (Å²) in [6.07, 6.45) is -7.98. The Kier molecular flexibility index (Phi) is 29.8. The smallest absolute Gasteiger partial charge is 0.410 e. The summed E-state index contributed by atoms with van der Waals surface area (Å²) in [5.41, 5.74) is 0.776. The molecule has 0 aliphatic carbocycles. The van der Waals surface area contributed by atoms with Crippen molar-refractivity contribution in [2.24, 2.45) is 23.7 Å². The van der Waals surface area contributed by atoms with E-state index in [1.807, 2.05) is 19.9 Å². The fraction of sp³-hybridized carbons (Fsp3) is 0.636. The molecule has 9 N–H and O–H groups in total. The largest absolute Gasteiger partial charge is 0.479 e. The van der Waals surface area contributed by atoms with E-state index in [9.17, 15) is 73.5 Å². The van der Waals surface area contributed by atoms with E-state index in [0.29, 0.717) is 50.6 Å². The lowest BCUT2D eigenvalue weighted by Gasteiger charge is -2.41. The molecule has 2 saturated heterocycles. The molecular formula is C66H98N8O20. The van der Waals surface area contributed by atoms with Crippen molar-refractivity contribution in [2.45, 2.75) is 199 Å². The van der Waals surface area contributed by atoms with Crippen molar-refractivity contribution in [2.75, 3.05) is 53.3 Å². The predicted octanol–water partition coefficient (Wildman–Crippen LogP) is 2.78. The minimum atomic E-state index is -2.03. The highest BCUT2D eigenvalue weighted by atomic mass is 16.7. The van der Waals surface area contributed by atoms with Crippen molar-refractivity contribution in [3.05, 3.63) is 71.8 Å². The third kappa shape index (κ3) is 20.5. The SMILES string of the molecule is CC[C@H](C)[C@@H]([C@@H](CC(=O)N1CCC[C@H]1[C@H](OC)[C@@H](C)C(=O)N[C@H](C)[C@@H](O)c1ccccc1)OC)N(C)C(=O)[C@@H](NC(=O)[C@H](C(C)C)N(C)C(=O)OCc1ccc(O[C@@H]2O[C@H](C(=O)O)[C@@H](O)[C@H](O)[C@H]2O)c(NC(=O)CCNC(=O)CCCCCN2C(=O)C=CC2=O)c1)C(C)C. The van der Waals surface area contributed by atoms with Gasteiger partial charge in [-0.3, -0.25) is 48.2 Å². The molecule has 522 valence electrons. The molecule has 2 aromatic rings. The van der Waals surface area contributed by atoms with E-state index < -0.39 is 145 Å². The summed E-state index contributed by atoms with van der Waals surface area (Å²) >= 11 is 0. The number of methoxy groups -OCH3 is 2. The number of amides is 9. The lowest BCUT2D eigenvalue weighted by Crippen LogP contribution is -2.61. The summed E-state index contributed by atoms with van der Waals surface area (Å²) < 4.78 is 28.8. The van der Waals surface area contributed by atoms with Crippen molar-refractivity contribution < 1.29 is 97.2 Å². The van der Waals surface area contributed by atoms with E-state index in [4.69, 9.17) is 23.7 Å². The molecule has 28 nitrogen and oxygen atoms in total. The zero-order valence-electron chi connectivity index (χ0n) is 55.9. The Labute approximate surface area is 549 Å². The van der Waals surface area contributed by atoms with Crippen LogP contribution in [0.15, 0.2) is 60.7 Å². The number of nitrogens with one attached hydrogen (secondary N) is 4. The molecule has 2 fully saturated rings. The van der Waals surface area contributed by atoms with Crippen LogP contribution in [0.3, 0.4) is 0 Å². The summed E-state index contributed by atoms with van der Waals surface area (Å²) in [5.74, 6) is -7.41.